The van der Waals surface area contributed by atoms with E-state index in [1.165, 1.54) is 16.7 Å². The van der Waals surface area contributed by atoms with E-state index < -0.39 is 31.7 Å². The van der Waals surface area contributed by atoms with Crippen LogP contribution in [0.4, 0.5) is 0 Å². The zero-order valence-electron chi connectivity index (χ0n) is 25.7. The molecule has 2 aromatic carbocycles. The van der Waals surface area contributed by atoms with E-state index in [0.29, 0.717) is 18.1 Å². The van der Waals surface area contributed by atoms with Gasteiger partial charge in [-0.15, -0.1) is 0 Å². The van der Waals surface area contributed by atoms with E-state index in [2.05, 4.69) is 24.1 Å². The van der Waals surface area contributed by atoms with Crippen LogP contribution in [-0.4, -0.2) is 115 Å². The van der Waals surface area contributed by atoms with Crippen molar-refractivity contribution in [3.8, 4) is 23.0 Å². The van der Waals surface area contributed by atoms with Gasteiger partial charge < -0.3 is 28.7 Å². The van der Waals surface area contributed by atoms with Gasteiger partial charge in [0.25, 0.3) is 20.2 Å². The number of likely N-dealkylation sites (N-methyl/N-ethyl adjacent to an activating group) is 1. The molecule has 0 saturated heterocycles. The van der Waals surface area contributed by atoms with Crippen LogP contribution in [0.2, 0.25) is 0 Å². The summed E-state index contributed by atoms with van der Waals surface area (Å²) in [7, 11) is 0.197. The van der Waals surface area contributed by atoms with E-state index in [0.717, 1.165) is 68.3 Å². The number of ether oxygens (including phenoxy) is 4. The maximum atomic E-state index is 12.9. The number of fused-ring (bicyclic) bond motifs is 2. The van der Waals surface area contributed by atoms with Gasteiger partial charge >= 0.3 is 0 Å². The molecule has 15 heteroatoms. The predicted molar refractivity (Wildman–Crippen MR) is 164 cm³/mol. The average Bonchev–Trinajstić information content (AvgIpc) is 3.10. The van der Waals surface area contributed by atoms with Crippen molar-refractivity contribution in [3.05, 3.63) is 46.5 Å². The van der Waals surface area contributed by atoms with E-state index in [1.807, 2.05) is 17.0 Å². The van der Waals surface area contributed by atoms with Gasteiger partial charge in [-0.2, -0.15) is 16.8 Å². The molecular formula is C29H42N2O11S2. The minimum absolute atomic E-state index is 0.183. The average molecular weight is 659 g/mol. The number of nitrogens with zero attached hydrogens (tertiary/aromatic N) is 2. The number of rotatable bonds is 13. The Morgan fingerprint density at radius 3 is 1.84 bits per heavy atom. The van der Waals surface area contributed by atoms with Gasteiger partial charge in [-0.3, -0.25) is 13.9 Å². The first-order valence-corrected chi connectivity index (χ1v) is 17.2. The number of carbonyl (C=O) groups excluding carboxylic acids is 1. The standard InChI is InChI=1S/C27H36N2O5.C2H6O6S2/c1-28(17-21-11-20-14-25(33-4)26(34-5)16-22(20)21)8-6-9-29-10-7-18-12-23(31-2)24(32-3)13-19(18)15-27(29)30;3-9(4,5)1-2-10(6,7)8/h12-14,16,21H,6-11,15,17H2,1-5H3;1-2H2,(H,3,4,5)(H,6,7,8)/t21-;/m1./s1. The van der Waals surface area contributed by atoms with Crippen LogP contribution in [0.1, 0.15) is 34.6 Å². The summed E-state index contributed by atoms with van der Waals surface area (Å²) in [5.41, 5.74) is 4.91. The van der Waals surface area contributed by atoms with Crippen molar-refractivity contribution < 1.29 is 49.7 Å². The highest BCUT2D eigenvalue weighted by Crippen LogP contribution is 2.42. The molecule has 44 heavy (non-hydrogen) atoms. The third-order valence-electron chi connectivity index (χ3n) is 7.70. The first-order chi connectivity index (χ1) is 20.7. The molecule has 2 aliphatic rings. The number of hydrogen-bond acceptors (Lipinski definition) is 10. The maximum absolute atomic E-state index is 12.9. The smallest absolute Gasteiger partial charge is 0.265 e. The van der Waals surface area contributed by atoms with Crippen LogP contribution in [0.25, 0.3) is 0 Å². The van der Waals surface area contributed by atoms with E-state index in [4.69, 9.17) is 28.1 Å². The van der Waals surface area contributed by atoms with Crippen molar-refractivity contribution in [1.29, 1.82) is 0 Å². The zero-order chi connectivity index (χ0) is 32.7. The molecule has 1 amide bonds. The molecule has 0 bridgehead atoms. The fraction of sp³-hybridized carbons (Fsp3) is 0.552. The van der Waals surface area contributed by atoms with Gasteiger partial charge in [-0.25, -0.2) is 0 Å². The molecule has 1 aliphatic carbocycles. The fourth-order valence-corrected chi connectivity index (χ4v) is 7.05. The summed E-state index contributed by atoms with van der Waals surface area (Å²) in [6.07, 6.45) is 3.27. The Bertz CT molecular complexity index is 1500. The number of amides is 1. The Morgan fingerprint density at radius 2 is 1.32 bits per heavy atom. The topological polar surface area (TPSA) is 169 Å². The molecule has 2 aromatic rings. The Hall–Kier alpha value is -3.11. The third kappa shape index (κ3) is 9.95. The third-order valence-corrected chi connectivity index (χ3v) is 9.40. The first kappa shape index (κ1) is 35.4. The van der Waals surface area contributed by atoms with Crippen LogP contribution < -0.4 is 18.9 Å². The summed E-state index contributed by atoms with van der Waals surface area (Å²) in [6, 6.07) is 8.18. The van der Waals surface area contributed by atoms with E-state index in [-0.39, 0.29) is 5.91 Å². The molecule has 0 unspecified atom stereocenters. The molecule has 0 radical (unpaired) electrons. The SMILES string of the molecule is COc1cc2c(cc1OC)CC(=O)N(CCCN(C)C[C@H]1Cc3cc(OC)c(OC)cc31)CC2.O=S(=O)(O)CCS(=O)(=O)O. The second-order valence-electron chi connectivity index (χ2n) is 10.8. The summed E-state index contributed by atoms with van der Waals surface area (Å²) < 4.78 is 77.1. The lowest BCUT2D eigenvalue weighted by molar-refractivity contribution is -0.130. The van der Waals surface area contributed by atoms with Gasteiger partial charge in [-0.1, -0.05) is 0 Å². The van der Waals surface area contributed by atoms with Crippen LogP contribution in [0.5, 0.6) is 23.0 Å². The van der Waals surface area contributed by atoms with Crippen molar-refractivity contribution in [1.82, 2.24) is 9.80 Å². The molecule has 1 atom stereocenters. The van der Waals surface area contributed by atoms with E-state index in [9.17, 15) is 21.6 Å². The first-order valence-electron chi connectivity index (χ1n) is 14.0. The lowest BCUT2D eigenvalue weighted by Crippen LogP contribution is -2.36. The molecular weight excluding hydrogens is 616 g/mol. The van der Waals surface area contributed by atoms with Crippen molar-refractivity contribution in [2.45, 2.75) is 31.6 Å². The quantitative estimate of drug-likeness (QED) is 0.301. The summed E-state index contributed by atoms with van der Waals surface area (Å²) in [5, 5.41) is 0. The molecule has 0 fully saturated rings. The number of methoxy groups -OCH3 is 4. The largest absolute Gasteiger partial charge is 0.493 e. The van der Waals surface area contributed by atoms with Crippen LogP contribution in [0.3, 0.4) is 0 Å². The summed E-state index contributed by atoms with van der Waals surface area (Å²) >= 11 is 0. The highest BCUT2D eigenvalue weighted by Gasteiger charge is 2.29. The lowest BCUT2D eigenvalue weighted by Gasteiger charge is -2.34. The second kappa shape index (κ2) is 15.3. The normalized spacial score (nSPS) is 16.1. The van der Waals surface area contributed by atoms with Gasteiger partial charge in [0.15, 0.2) is 23.0 Å². The Balaban J connectivity index is 0.000000456. The van der Waals surface area contributed by atoms with Gasteiger partial charge in [0.1, 0.15) is 0 Å². The highest BCUT2D eigenvalue weighted by molar-refractivity contribution is 7.89. The Kier molecular flexibility index (Phi) is 12.3. The fourth-order valence-electron chi connectivity index (χ4n) is 5.36. The van der Waals surface area contributed by atoms with Gasteiger partial charge in [0.2, 0.25) is 5.91 Å². The maximum Gasteiger partial charge on any atom is 0.265 e. The number of benzene rings is 2. The van der Waals surface area contributed by atoms with Crippen LogP contribution in [-0.2, 0) is 44.3 Å². The van der Waals surface area contributed by atoms with Crippen LogP contribution >= 0.6 is 0 Å². The number of carbonyl (C=O) groups is 1. The Labute approximate surface area is 259 Å². The monoisotopic (exact) mass is 658 g/mol. The van der Waals surface area contributed by atoms with Gasteiger partial charge in [-0.05, 0) is 79.4 Å². The minimum Gasteiger partial charge on any atom is -0.493 e. The van der Waals surface area contributed by atoms with Crippen LogP contribution in [0.15, 0.2) is 24.3 Å². The molecule has 13 nitrogen and oxygen atoms in total. The molecule has 1 heterocycles. The summed E-state index contributed by atoms with van der Waals surface area (Å²) in [5.74, 6) is 1.73. The van der Waals surface area contributed by atoms with Crippen molar-refractivity contribution >= 4 is 26.1 Å². The molecule has 246 valence electrons. The van der Waals surface area contributed by atoms with Crippen molar-refractivity contribution in [2.75, 3.05) is 73.2 Å². The van der Waals surface area contributed by atoms with Gasteiger partial charge in [0.05, 0.1) is 46.4 Å². The molecule has 0 aromatic heterocycles. The summed E-state index contributed by atoms with van der Waals surface area (Å²) in [4.78, 5) is 17.3. The van der Waals surface area contributed by atoms with Gasteiger partial charge in [0, 0.05) is 25.6 Å². The van der Waals surface area contributed by atoms with E-state index >= 15 is 0 Å². The molecule has 4 rings (SSSR count). The van der Waals surface area contributed by atoms with Crippen LogP contribution in [0, 0.1) is 0 Å². The molecule has 1 aliphatic heterocycles. The lowest BCUT2D eigenvalue weighted by atomic mass is 9.77. The van der Waals surface area contributed by atoms with E-state index in [1.54, 1.807) is 28.4 Å². The zero-order valence-corrected chi connectivity index (χ0v) is 27.4. The molecule has 2 N–H and O–H groups in total. The molecule has 0 saturated carbocycles. The van der Waals surface area contributed by atoms with Crippen molar-refractivity contribution in [2.24, 2.45) is 0 Å². The second-order valence-corrected chi connectivity index (χ2v) is 13.9. The Morgan fingerprint density at radius 1 is 0.818 bits per heavy atom. The highest BCUT2D eigenvalue weighted by atomic mass is 32.2. The predicted octanol–water partition coefficient (Wildman–Crippen LogP) is 2.07. The summed E-state index contributed by atoms with van der Waals surface area (Å²) in [6.45, 7) is 3.47. The minimum atomic E-state index is -4.30. The molecule has 0 spiro atoms. The number of hydrogen-bond donors (Lipinski definition) is 2. The van der Waals surface area contributed by atoms with Crippen molar-refractivity contribution in [3.63, 3.8) is 0 Å².